The molecule has 0 amide bonds. The fraction of sp³-hybridized carbons (Fsp3) is 0.389. The minimum Gasteiger partial charge on any atom is -0.496 e. The van der Waals surface area contributed by atoms with Crippen molar-refractivity contribution in [1.82, 2.24) is 15.2 Å². The van der Waals surface area contributed by atoms with Crippen molar-refractivity contribution < 1.29 is 9.13 Å². The van der Waals surface area contributed by atoms with Crippen molar-refractivity contribution in [2.75, 3.05) is 33.3 Å². The molecule has 1 aliphatic rings. The summed E-state index contributed by atoms with van der Waals surface area (Å²) in [4.78, 5) is 6.82. The van der Waals surface area contributed by atoms with Gasteiger partial charge in [-0.05, 0) is 30.3 Å². The van der Waals surface area contributed by atoms with E-state index in [4.69, 9.17) is 4.74 Å². The Morgan fingerprint density at radius 3 is 2.78 bits per heavy atom. The van der Waals surface area contributed by atoms with Crippen LogP contribution in [0.2, 0.25) is 0 Å². The Balaban J connectivity index is 1.95. The Morgan fingerprint density at radius 2 is 2.09 bits per heavy atom. The topological polar surface area (TPSA) is 37.4 Å². The maximum absolute atomic E-state index is 13.8. The minimum absolute atomic E-state index is 0.0534. The van der Waals surface area contributed by atoms with Gasteiger partial charge in [-0.25, -0.2) is 4.39 Å². The second-order valence-electron chi connectivity index (χ2n) is 5.71. The Bertz CT molecular complexity index is 629. The zero-order valence-corrected chi connectivity index (χ0v) is 13.3. The van der Waals surface area contributed by atoms with Crippen molar-refractivity contribution in [3.8, 4) is 5.75 Å². The van der Waals surface area contributed by atoms with Gasteiger partial charge >= 0.3 is 0 Å². The average Bonchev–Trinajstić information content (AvgIpc) is 2.61. The number of methoxy groups -OCH3 is 1. The molecule has 0 radical (unpaired) electrons. The maximum atomic E-state index is 13.8. The number of pyridine rings is 1. The first-order valence-corrected chi connectivity index (χ1v) is 7.96. The highest BCUT2D eigenvalue weighted by Crippen LogP contribution is 2.32. The molecule has 0 saturated carbocycles. The van der Waals surface area contributed by atoms with Crippen LogP contribution in [-0.4, -0.2) is 43.2 Å². The van der Waals surface area contributed by atoms with E-state index in [2.05, 4.69) is 15.2 Å². The monoisotopic (exact) mass is 315 g/mol. The normalized spacial score (nSPS) is 17.0. The van der Waals surface area contributed by atoms with Gasteiger partial charge in [-0.15, -0.1) is 0 Å². The van der Waals surface area contributed by atoms with E-state index in [0.29, 0.717) is 0 Å². The van der Waals surface area contributed by atoms with E-state index in [9.17, 15) is 4.39 Å². The molecule has 1 unspecified atom stereocenters. The van der Waals surface area contributed by atoms with Gasteiger partial charge in [-0.3, -0.25) is 9.88 Å². The van der Waals surface area contributed by atoms with Crippen LogP contribution in [0.25, 0.3) is 0 Å². The summed E-state index contributed by atoms with van der Waals surface area (Å²) in [6.45, 7) is 3.74. The van der Waals surface area contributed by atoms with Crippen LogP contribution in [-0.2, 0) is 6.42 Å². The molecular weight excluding hydrogens is 293 g/mol. The summed E-state index contributed by atoms with van der Waals surface area (Å²) in [5.74, 6) is 0.493. The highest BCUT2D eigenvalue weighted by molar-refractivity contribution is 5.37. The molecule has 0 spiro atoms. The number of aromatic nitrogens is 1. The lowest BCUT2D eigenvalue weighted by Crippen LogP contribution is -2.45. The number of nitrogens with zero attached hydrogens (tertiary/aromatic N) is 2. The molecule has 0 bridgehead atoms. The van der Waals surface area contributed by atoms with Gasteiger partial charge in [-0.2, -0.15) is 0 Å². The SMILES string of the molecule is COc1ccc(F)cc1C(Cc1ccccn1)N1CCNCC1. The molecule has 122 valence electrons. The summed E-state index contributed by atoms with van der Waals surface area (Å²) in [5, 5.41) is 3.36. The molecule has 3 rings (SSSR count). The predicted molar refractivity (Wildman–Crippen MR) is 88.1 cm³/mol. The van der Waals surface area contributed by atoms with Crippen LogP contribution >= 0.6 is 0 Å². The van der Waals surface area contributed by atoms with Crippen molar-refractivity contribution in [1.29, 1.82) is 0 Å². The second kappa shape index (κ2) is 7.53. The van der Waals surface area contributed by atoms with E-state index >= 15 is 0 Å². The fourth-order valence-corrected chi connectivity index (χ4v) is 3.11. The molecular formula is C18H22FN3O. The van der Waals surface area contributed by atoms with Crippen molar-refractivity contribution in [2.24, 2.45) is 0 Å². The first kappa shape index (κ1) is 15.9. The molecule has 4 nitrogen and oxygen atoms in total. The lowest BCUT2D eigenvalue weighted by Gasteiger charge is -2.35. The highest BCUT2D eigenvalue weighted by atomic mass is 19.1. The third kappa shape index (κ3) is 3.86. The Labute approximate surface area is 136 Å². The first-order valence-electron chi connectivity index (χ1n) is 7.96. The van der Waals surface area contributed by atoms with Gasteiger partial charge in [0.1, 0.15) is 11.6 Å². The summed E-state index contributed by atoms with van der Waals surface area (Å²) in [5.41, 5.74) is 1.89. The van der Waals surface area contributed by atoms with Crippen molar-refractivity contribution in [3.05, 3.63) is 59.7 Å². The van der Waals surface area contributed by atoms with E-state index in [1.807, 2.05) is 18.2 Å². The van der Waals surface area contributed by atoms with Gasteiger partial charge in [0.15, 0.2) is 0 Å². The molecule has 2 aromatic rings. The number of hydrogen-bond donors (Lipinski definition) is 1. The molecule has 1 aromatic heterocycles. The molecule has 1 fully saturated rings. The molecule has 1 aliphatic heterocycles. The molecule has 1 atom stereocenters. The van der Waals surface area contributed by atoms with E-state index in [1.54, 1.807) is 25.4 Å². The lowest BCUT2D eigenvalue weighted by atomic mass is 9.98. The molecule has 0 aliphatic carbocycles. The molecule has 1 N–H and O–H groups in total. The number of hydrogen-bond acceptors (Lipinski definition) is 4. The number of benzene rings is 1. The van der Waals surface area contributed by atoms with E-state index in [-0.39, 0.29) is 11.9 Å². The van der Waals surface area contributed by atoms with E-state index in [0.717, 1.165) is 49.6 Å². The van der Waals surface area contributed by atoms with E-state index < -0.39 is 0 Å². The largest absolute Gasteiger partial charge is 0.496 e. The number of ether oxygens (including phenoxy) is 1. The van der Waals surface area contributed by atoms with Crippen LogP contribution in [0, 0.1) is 5.82 Å². The van der Waals surface area contributed by atoms with Crippen LogP contribution in [0.4, 0.5) is 4.39 Å². The average molecular weight is 315 g/mol. The number of piperazine rings is 1. The highest BCUT2D eigenvalue weighted by Gasteiger charge is 2.26. The van der Waals surface area contributed by atoms with Crippen LogP contribution in [0.15, 0.2) is 42.6 Å². The Hall–Kier alpha value is -1.98. The van der Waals surface area contributed by atoms with Gasteiger partial charge in [0, 0.05) is 56.1 Å². The molecule has 2 heterocycles. The summed E-state index contributed by atoms with van der Waals surface area (Å²) in [6.07, 6.45) is 2.54. The molecule has 23 heavy (non-hydrogen) atoms. The standard InChI is InChI=1S/C18H22FN3O/c1-23-18-6-5-14(19)12-16(18)17(22-10-8-20-9-11-22)13-15-4-2-3-7-21-15/h2-7,12,17,20H,8-11,13H2,1H3. The number of rotatable bonds is 5. The van der Waals surface area contributed by atoms with E-state index in [1.165, 1.54) is 6.07 Å². The van der Waals surface area contributed by atoms with Gasteiger partial charge in [0.25, 0.3) is 0 Å². The third-order valence-corrected chi connectivity index (χ3v) is 4.27. The zero-order valence-electron chi connectivity index (χ0n) is 13.3. The first-order chi connectivity index (χ1) is 11.3. The zero-order chi connectivity index (χ0) is 16.1. The number of nitrogens with one attached hydrogen (secondary N) is 1. The van der Waals surface area contributed by atoms with Gasteiger partial charge in [0.2, 0.25) is 0 Å². The predicted octanol–water partition coefficient (Wildman–Crippen LogP) is 2.42. The van der Waals surface area contributed by atoms with Crippen LogP contribution in [0.3, 0.4) is 0 Å². The number of halogens is 1. The fourth-order valence-electron chi connectivity index (χ4n) is 3.11. The van der Waals surface area contributed by atoms with Gasteiger partial charge in [0.05, 0.1) is 7.11 Å². The van der Waals surface area contributed by atoms with Gasteiger partial charge < -0.3 is 10.1 Å². The Kier molecular flexibility index (Phi) is 5.20. The van der Waals surface area contributed by atoms with Crippen LogP contribution < -0.4 is 10.1 Å². The van der Waals surface area contributed by atoms with Crippen LogP contribution in [0.1, 0.15) is 17.3 Å². The second-order valence-corrected chi connectivity index (χ2v) is 5.71. The smallest absolute Gasteiger partial charge is 0.123 e. The summed E-state index contributed by atoms with van der Waals surface area (Å²) < 4.78 is 19.3. The molecule has 5 heteroatoms. The maximum Gasteiger partial charge on any atom is 0.123 e. The van der Waals surface area contributed by atoms with Crippen molar-refractivity contribution in [3.63, 3.8) is 0 Å². The van der Waals surface area contributed by atoms with Gasteiger partial charge in [-0.1, -0.05) is 6.07 Å². The van der Waals surface area contributed by atoms with Crippen LogP contribution in [0.5, 0.6) is 5.75 Å². The van der Waals surface area contributed by atoms with Crippen molar-refractivity contribution >= 4 is 0 Å². The van der Waals surface area contributed by atoms with Crippen molar-refractivity contribution in [2.45, 2.75) is 12.5 Å². The summed E-state index contributed by atoms with van der Waals surface area (Å²) >= 11 is 0. The molecule has 1 aromatic carbocycles. The summed E-state index contributed by atoms with van der Waals surface area (Å²) in [6, 6.07) is 10.7. The molecule has 1 saturated heterocycles. The third-order valence-electron chi connectivity index (χ3n) is 4.27. The summed E-state index contributed by atoms with van der Waals surface area (Å²) in [7, 11) is 1.63. The lowest BCUT2D eigenvalue weighted by molar-refractivity contribution is 0.168. The minimum atomic E-state index is -0.234. The quantitative estimate of drug-likeness (QED) is 0.919. The Morgan fingerprint density at radius 1 is 1.26 bits per heavy atom.